The summed E-state index contributed by atoms with van der Waals surface area (Å²) in [6.45, 7) is 4.59. The second kappa shape index (κ2) is 6.44. The third-order valence-electron chi connectivity index (χ3n) is 3.71. The van der Waals surface area contributed by atoms with E-state index in [1.54, 1.807) is 20.8 Å². The fourth-order valence-electron chi connectivity index (χ4n) is 2.59. The Kier molecular flexibility index (Phi) is 5.06. The van der Waals surface area contributed by atoms with Gasteiger partial charge in [0.15, 0.2) is 5.54 Å². The van der Waals surface area contributed by atoms with Crippen molar-refractivity contribution in [2.75, 3.05) is 19.6 Å². The van der Waals surface area contributed by atoms with Crippen LogP contribution in [0, 0.1) is 0 Å². The van der Waals surface area contributed by atoms with Crippen molar-refractivity contribution in [3.8, 4) is 0 Å². The first kappa shape index (κ1) is 18.9. The van der Waals surface area contributed by atoms with Crippen LogP contribution in [0.25, 0.3) is 0 Å². The molecule has 1 saturated heterocycles. The van der Waals surface area contributed by atoms with Crippen molar-refractivity contribution in [3.05, 3.63) is 34.9 Å². The van der Waals surface area contributed by atoms with Gasteiger partial charge >= 0.3 is 12.3 Å². The molecule has 0 radical (unpaired) electrons. The Bertz CT molecular complexity index is 599. The molecule has 2 rings (SSSR count). The number of nitrogens with zero attached hydrogens (tertiary/aromatic N) is 1. The number of piperazine rings is 1. The largest absolute Gasteiger partial charge is 0.444 e. The lowest BCUT2D eigenvalue weighted by atomic mass is 9.87. The van der Waals surface area contributed by atoms with E-state index in [9.17, 15) is 18.0 Å². The van der Waals surface area contributed by atoms with Gasteiger partial charge in [-0.2, -0.15) is 13.2 Å². The average Bonchev–Trinajstić information content (AvgIpc) is 2.45. The zero-order valence-corrected chi connectivity index (χ0v) is 14.5. The Hall–Kier alpha value is -1.47. The van der Waals surface area contributed by atoms with Crippen LogP contribution in [-0.2, 0) is 10.3 Å². The number of halogens is 4. The number of ether oxygens (including phenoxy) is 1. The molecule has 1 atom stereocenters. The van der Waals surface area contributed by atoms with Crippen LogP contribution in [0.3, 0.4) is 0 Å². The van der Waals surface area contributed by atoms with Gasteiger partial charge in [-0.25, -0.2) is 4.79 Å². The number of amides is 1. The Morgan fingerprint density at radius 2 is 1.83 bits per heavy atom. The summed E-state index contributed by atoms with van der Waals surface area (Å²) in [7, 11) is 0. The molecule has 24 heavy (non-hydrogen) atoms. The van der Waals surface area contributed by atoms with Crippen LogP contribution in [0.15, 0.2) is 24.3 Å². The van der Waals surface area contributed by atoms with Crippen LogP contribution in [0.5, 0.6) is 0 Å². The van der Waals surface area contributed by atoms with Crippen molar-refractivity contribution >= 4 is 17.7 Å². The quantitative estimate of drug-likeness (QED) is 0.820. The topological polar surface area (TPSA) is 41.6 Å². The lowest BCUT2D eigenvalue weighted by molar-refractivity contribution is -0.210. The summed E-state index contributed by atoms with van der Waals surface area (Å²) < 4.78 is 46.9. The number of nitrogens with one attached hydrogen (secondary N) is 1. The van der Waals surface area contributed by atoms with Crippen molar-refractivity contribution in [1.29, 1.82) is 0 Å². The van der Waals surface area contributed by atoms with E-state index in [-0.39, 0.29) is 18.7 Å². The zero-order chi connectivity index (χ0) is 18.2. The second-order valence-electron chi connectivity index (χ2n) is 6.74. The summed E-state index contributed by atoms with van der Waals surface area (Å²) >= 11 is 5.78. The van der Waals surface area contributed by atoms with Crippen molar-refractivity contribution in [1.82, 2.24) is 10.2 Å². The van der Waals surface area contributed by atoms with Crippen LogP contribution in [0.4, 0.5) is 18.0 Å². The summed E-state index contributed by atoms with van der Waals surface area (Å²) in [5, 5.41) is 2.88. The molecule has 0 saturated carbocycles. The maximum Gasteiger partial charge on any atom is 0.412 e. The third-order valence-corrected chi connectivity index (χ3v) is 3.96. The molecule has 0 unspecified atom stereocenters. The van der Waals surface area contributed by atoms with E-state index in [2.05, 4.69) is 5.32 Å². The van der Waals surface area contributed by atoms with E-state index in [1.165, 1.54) is 24.3 Å². The van der Waals surface area contributed by atoms with Gasteiger partial charge in [-0.05, 0) is 38.5 Å². The highest BCUT2D eigenvalue weighted by Gasteiger charge is 2.58. The summed E-state index contributed by atoms with van der Waals surface area (Å²) in [4.78, 5) is 13.3. The van der Waals surface area contributed by atoms with Gasteiger partial charge in [0.05, 0.1) is 6.54 Å². The SMILES string of the molecule is CC(C)(C)OC(=O)N1CCN[C@@](c2ccc(Cl)cc2)(C(F)(F)F)C1. The smallest absolute Gasteiger partial charge is 0.412 e. The van der Waals surface area contributed by atoms with Crippen molar-refractivity contribution in [3.63, 3.8) is 0 Å². The first-order valence-corrected chi connectivity index (χ1v) is 7.88. The Morgan fingerprint density at radius 3 is 2.33 bits per heavy atom. The molecule has 1 aromatic rings. The van der Waals surface area contributed by atoms with E-state index >= 15 is 0 Å². The Labute approximate surface area is 143 Å². The first-order chi connectivity index (χ1) is 10.9. The molecule has 4 nitrogen and oxygen atoms in total. The lowest BCUT2D eigenvalue weighted by Gasteiger charge is -2.44. The molecule has 0 aromatic heterocycles. The molecule has 1 fully saturated rings. The number of carbonyl (C=O) groups excluding carboxylic acids is 1. The number of hydrogen-bond acceptors (Lipinski definition) is 3. The summed E-state index contributed by atoms with van der Waals surface area (Å²) in [6.07, 6.45) is -5.35. The summed E-state index contributed by atoms with van der Waals surface area (Å²) in [6, 6.07) is 5.44. The van der Waals surface area contributed by atoms with Crippen LogP contribution in [0.2, 0.25) is 5.02 Å². The van der Waals surface area contributed by atoms with Crippen molar-refractivity contribution in [2.24, 2.45) is 0 Å². The fourth-order valence-corrected chi connectivity index (χ4v) is 2.72. The van der Waals surface area contributed by atoms with Gasteiger partial charge < -0.3 is 9.64 Å². The molecule has 0 aliphatic carbocycles. The van der Waals surface area contributed by atoms with E-state index in [4.69, 9.17) is 16.3 Å². The highest BCUT2D eigenvalue weighted by molar-refractivity contribution is 6.30. The summed E-state index contributed by atoms with van der Waals surface area (Å²) in [5.41, 5.74) is -3.12. The van der Waals surface area contributed by atoms with Gasteiger partial charge in [0.1, 0.15) is 5.60 Å². The van der Waals surface area contributed by atoms with Crippen LogP contribution in [0.1, 0.15) is 26.3 Å². The number of carbonyl (C=O) groups is 1. The Balaban J connectivity index is 2.35. The maximum absolute atomic E-state index is 13.9. The van der Waals surface area contributed by atoms with E-state index in [0.717, 1.165) is 4.90 Å². The molecule has 1 aromatic carbocycles. The Morgan fingerprint density at radius 1 is 1.25 bits per heavy atom. The molecule has 1 N–H and O–H groups in total. The standard InChI is InChI=1S/C16H20ClF3N2O2/c1-14(2,3)24-13(23)22-9-8-21-15(10-22,16(18,19)20)11-4-6-12(17)7-5-11/h4-7,21H,8-10H2,1-3H3/t15-/m0/s1. The maximum atomic E-state index is 13.9. The van der Waals surface area contributed by atoms with Gasteiger partial charge in [0, 0.05) is 18.1 Å². The average molecular weight is 365 g/mol. The second-order valence-corrected chi connectivity index (χ2v) is 7.18. The lowest BCUT2D eigenvalue weighted by Crippen LogP contribution is -2.66. The molecular weight excluding hydrogens is 345 g/mol. The molecule has 134 valence electrons. The first-order valence-electron chi connectivity index (χ1n) is 7.50. The van der Waals surface area contributed by atoms with Gasteiger partial charge in [0.2, 0.25) is 0 Å². The zero-order valence-electron chi connectivity index (χ0n) is 13.7. The molecule has 1 amide bonds. The predicted octanol–water partition coefficient (Wildman–Crippen LogP) is 3.94. The van der Waals surface area contributed by atoms with Gasteiger partial charge in [-0.15, -0.1) is 0 Å². The van der Waals surface area contributed by atoms with Gasteiger partial charge in [-0.3, -0.25) is 5.32 Å². The number of alkyl halides is 3. The fraction of sp³-hybridized carbons (Fsp3) is 0.562. The van der Waals surface area contributed by atoms with Gasteiger partial charge in [-0.1, -0.05) is 23.7 Å². The normalized spacial score (nSPS) is 22.4. The van der Waals surface area contributed by atoms with E-state index in [1.807, 2.05) is 0 Å². The van der Waals surface area contributed by atoms with Crippen LogP contribution in [-0.4, -0.2) is 42.4 Å². The number of rotatable bonds is 1. The molecule has 1 aliphatic heterocycles. The van der Waals surface area contributed by atoms with E-state index < -0.39 is 30.0 Å². The van der Waals surface area contributed by atoms with Crippen molar-refractivity contribution in [2.45, 2.75) is 38.1 Å². The van der Waals surface area contributed by atoms with E-state index in [0.29, 0.717) is 5.02 Å². The molecule has 0 bridgehead atoms. The minimum Gasteiger partial charge on any atom is -0.444 e. The molecule has 1 heterocycles. The molecule has 8 heteroatoms. The molecule has 0 spiro atoms. The summed E-state index contributed by atoms with van der Waals surface area (Å²) in [5.74, 6) is 0. The molecule has 1 aliphatic rings. The van der Waals surface area contributed by atoms with Crippen LogP contribution < -0.4 is 5.32 Å². The van der Waals surface area contributed by atoms with Gasteiger partial charge in [0.25, 0.3) is 0 Å². The monoisotopic (exact) mass is 364 g/mol. The van der Waals surface area contributed by atoms with Crippen LogP contribution >= 0.6 is 11.6 Å². The minimum absolute atomic E-state index is 0.00137. The van der Waals surface area contributed by atoms with Crippen molar-refractivity contribution < 1.29 is 22.7 Å². The number of hydrogen-bond donors (Lipinski definition) is 1. The minimum atomic E-state index is -4.60. The third kappa shape index (κ3) is 3.95. The highest BCUT2D eigenvalue weighted by Crippen LogP contribution is 2.41. The molecular formula is C16H20ClF3N2O2. The number of benzene rings is 1. The highest BCUT2D eigenvalue weighted by atomic mass is 35.5. The predicted molar refractivity (Wildman–Crippen MR) is 85.0 cm³/mol.